The van der Waals surface area contributed by atoms with Crippen molar-refractivity contribution < 1.29 is 0 Å². The Kier molecular flexibility index (Phi) is 4.09. The van der Waals surface area contributed by atoms with E-state index >= 15 is 0 Å². The van der Waals surface area contributed by atoms with Gasteiger partial charge in [-0.15, -0.1) is 0 Å². The average molecular weight is 248 g/mol. The van der Waals surface area contributed by atoms with E-state index in [1.54, 1.807) is 6.33 Å². The first-order valence-electron chi connectivity index (χ1n) is 6.31. The maximum Gasteiger partial charge on any atom is 0.148 e. The molecule has 0 aliphatic carbocycles. The third-order valence-corrected chi connectivity index (χ3v) is 2.78. The van der Waals surface area contributed by atoms with E-state index in [0.717, 1.165) is 24.6 Å². The number of aryl methyl sites for hydroxylation is 1. The van der Waals surface area contributed by atoms with Crippen molar-refractivity contribution in [2.24, 2.45) is 0 Å². The van der Waals surface area contributed by atoms with Crippen molar-refractivity contribution in [3.63, 3.8) is 0 Å². The van der Waals surface area contributed by atoms with Gasteiger partial charge in [-0.25, -0.2) is 9.67 Å². The van der Waals surface area contributed by atoms with Crippen molar-refractivity contribution in [2.75, 3.05) is 0 Å². The standard InChI is InChI=1S/C12H20N6/c1-4-17-12(14-9-16-17)8-18-11(5-6-15-18)7-13-10(2)3/h5-6,9-10,13H,4,7-8H2,1-3H3. The zero-order chi connectivity index (χ0) is 13.0. The Labute approximate surface area is 107 Å². The quantitative estimate of drug-likeness (QED) is 0.830. The molecule has 1 N–H and O–H groups in total. The van der Waals surface area contributed by atoms with Crippen LogP contribution in [0.15, 0.2) is 18.6 Å². The Morgan fingerprint density at radius 1 is 1.28 bits per heavy atom. The predicted molar refractivity (Wildman–Crippen MR) is 69.0 cm³/mol. The molecular weight excluding hydrogens is 228 g/mol. The van der Waals surface area contributed by atoms with Crippen LogP contribution in [0.25, 0.3) is 0 Å². The average Bonchev–Trinajstić information content (AvgIpc) is 2.96. The van der Waals surface area contributed by atoms with Crippen LogP contribution in [0.1, 0.15) is 32.3 Å². The third kappa shape index (κ3) is 2.95. The summed E-state index contributed by atoms with van der Waals surface area (Å²) in [4.78, 5) is 4.27. The Hall–Kier alpha value is -1.69. The molecule has 6 heteroatoms. The lowest BCUT2D eigenvalue weighted by molar-refractivity contribution is 0.523. The highest BCUT2D eigenvalue weighted by atomic mass is 15.4. The van der Waals surface area contributed by atoms with Gasteiger partial charge in [0.1, 0.15) is 18.7 Å². The molecule has 2 heterocycles. The molecule has 0 aromatic carbocycles. The minimum atomic E-state index is 0.465. The van der Waals surface area contributed by atoms with E-state index in [2.05, 4.69) is 41.3 Å². The normalized spacial score (nSPS) is 11.3. The number of nitrogens with one attached hydrogen (secondary N) is 1. The van der Waals surface area contributed by atoms with Gasteiger partial charge >= 0.3 is 0 Å². The van der Waals surface area contributed by atoms with Crippen LogP contribution >= 0.6 is 0 Å². The van der Waals surface area contributed by atoms with E-state index in [1.807, 2.05) is 21.6 Å². The van der Waals surface area contributed by atoms with E-state index in [1.165, 1.54) is 0 Å². The molecule has 0 saturated carbocycles. The largest absolute Gasteiger partial charge is 0.309 e. The molecule has 6 nitrogen and oxygen atoms in total. The summed E-state index contributed by atoms with van der Waals surface area (Å²) < 4.78 is 3.85. The van der Waals surface area contributed by atoms with Gasteiger partial charge in [-0.2, -0.15) is 10.2 Å². The summed E-state index contributed by atoms with van der Waals surface area (Å²) in [6.07, 6.45) is 3.42. The first-order valence-corrected chi connectivity index (χ1v) is 6.31. The van der Waals surface area contributed by atoms with Crippen molar-refractivity contribution in [3.05, 3.63) is 30.1 Å². The van der Waals surface area contributed by atoms with Gasteiger partial charge in [0.05, 0.1) is 5.69 Å². The summed E-state index contributed by atoms with van der Waals surface area (Å²) in [5.74, 6) is 0.937. The fraction of sp³-hybridized carbons (Fsp3) is 0.583. The van der Waals surface area contributed by atoms with Gasteiger partial charge < -0.3 is 5.32 Å². The highest BCUT2D eigenvalue weighted by Gasteiger charge is 2.08. The smallest absolute Gasteiger partial charge is 0.148 e. The number of hydrogen-bond acceptors (Lipinski definition) is 4. The van der Waals surface area contributed by atoms with Crippen molar-refractivity contribution in [3.8, 4) is 0 Å². The Bertz CT molecular complexity index is 484. The third-order valence-electron chi connectivity index (χ3n) is 2.78. The molecule has 18 heavy (non-hydrogen) atoms. The molecule has 0 unspecified atom stereocenters. The maximum absolute atomic E-state index is 4.34. The van der Waals surface area contributed by atoms with E-state index in [9.17, 15) is 0 Å². The maximum atomic E-state index is 4.34. The van der Waals surface area contributed by atoms with Gasteiger partial charge in [-0.3, -0.25) is 4.68 Å². The second-order valence-corrected chi connectivity index (χ2v) is 4.51. The molecular formula is C12H20N6. The molecule has 2 rings (SSSR count). The number of aromatic nitrogens is 5. The minimum Gasteiger partial charge on any atom is -0.309 e. The van der Waals surface area contributed by atoms with Crippen LogP contribution in [-0.2, 0) is 19.6 Å². The molecule has 0 spiro atoms. The zero-order valence-electron chi connectivity index (χ0n) is 11.2. The predicted octanol–water partition coefficient (Wildman–Crippen LogP) is 1.04. The highest BCUT2D eigenvalue weighted by molar-refractivity contribution is 5.02. The molecule has 0 amide bonds. The van der Waals surface area contributed by atoms with Crippen LogP contribution in [-0.4, -0.2) is 30.6 Å². The van der Waals surface area contributed by atoms with Crippen LogP contribution in [0.2, 0.25) is 0 Å². The molecule has 0 radical (unpaired) electrons. The highest BCUT2D eigenvalue weighted by Crippen LogP contribution is 2.03. The van der Waals surface area contributed by atoms with Crippen LogP contribution < -0.4 is 5.32 Å². The van der Waals surface area contributed by atoms with Gasteiger partial charge in [0.25, 0.3) is 0 Å². The van der Waals surface area contributed by atoms with E-state index in [0.29, 0.717) is 12.6 Å². The van der Waals surface area contributed by atoms with Gasteiger partial charge in [-0.05, 0) is 13.0 Å². The van der Waals surface area contributed by atoms with Crippen molar-refractivity contribution in [1.82, 2.24) is 29.9 Å². The summed E-state index contributed by atoms with van der Waals surface area (Å²) in [6.45, 7) is 8.63. The lowest BCUT2D eigenvalue weighted by Crippen LogP contribution is -2.24. The minimum absolute atomic E-state index is 0.465. The molecule has 0 atom stereocenters. The monoisotopic (exact) mass is 248 g/mol. The molecule has 0 saturated heterocycles. The molecule has 0 aliphatic heterocycles. The first kappa shape index (κ1) is 12.8. The molecule has 0 aliphatic rings. The number of nitrogens with zero attached hydrogens (tertiary/aromatic N) is 5. The lowest BCUT2D eigenvalue weighted by Gasteiger charge is -2.10. The fourth-order valence-corrected chi connectivity index (χ4v) is 1.77. The Morgan fingerprint density at radius 2 is 2.11 bits per heavy atom. The van der Waals surface area contributed by atoms with Crippen LogP contribution in [0.3, 0.4) is 0 Å². The lowest BCUT2D eigenvalue weighted by atomic mass is 10.3. The van der Waals surface area contributed by atoms with E-state index in [-0.39, 0.29) is 0 Å². The summed E-state index contributed by atoms with van der Waals surface area (Å²) in [5, 5.41) is 11.9. The second kappa shape index (κ2) is 5.77. The second-order valence-electron chi connectivity index (χ2n) is 4.51. The van der Waals surface area contributed by atoms with Crippen LogP contribution in [0.4, 0.5) is 0 Å². The summed E-state index contributed by atoms with van der Waals surface area (Å²) in [7, 11) is 0. The number of rotatable bonds is 6. The van der Waals surface area contributed by atoms with Gasteiger partial charge in [0.2, 0.25) is 0 Å². The van der Waals surface area contributed by atoms with Crippen molar-refractivity contribution in [1.29, 1.82) is 0 Å². The molecule has 98 valence electrons. The summed E-state index contributed by atoms with van der Waals surface area (Å²) >= 11 is 0. The topological polar surface area (TPSA) is 60.6 Å². The molecule has 2 aromatic heterocycles. The Morgan fingerprint density at radius 3 is 2.83 bits per heavy atom. The van der Waals surface area contributed by atoms with Crippen LogP contribution in [0.5, 0.6) is 0 Å². The summed E-state index contributed by atoms with van der Waals surface area (Å²) in [5.41, 5.74) is 1.16. The first-order chi connectivity index (χ1) is 8.70. The number of hydrogen-bond donors (Lipinski definition) is 1. The SMILES string of the molecule is CCn1ncnc1Cn1nccc1CNC(C)C. The van der Waals surface area contributed by atoms with Crippen molar-refractivity contribution in [2.45, 2.75) is 46.4 Å². The van der Waals surface area contributed by atoms with Crippen LogP contribution in [0, 0.1) is 0 Å². The zero-order valence-corrected chi connectivity index (χ0v) is 11.2. The molecule has 2 aromatic rings. The van der Waals surface area contributed by atoms with E-state index < -0.39 is 0 Å². The Balaban J connectivity index is 2.07. The fourth-order valence-electron chi connectivity index (χ4n) is 1.77. The molecule has 0 bridgehead atoms. The summed E-state index contributed by atoms with van der Waals surface area (Å²) in [6, 6.07) is 2.50. The van der Waals surface area contributed by atoms with Gasteiger partial charge in [0, 0.05) is 25.3 Å². The van der Waals surface area contributed by atoms with Gasteiger partial charge in [-0.1, -0.05) is 13.8 Å². The van der Waals surface area contributed by atoms with Crippen molar-refractivity contribution >= 4 is 0 Å². The van der Waals surface area contributed by atoms with E-state index in [4.69, 9.17) is 0 Å². The molecule has 0 fully saturated rings. The van der Waals surface area contributed by atoms with Gasteiger partial charge in [0.15, 0.2) is 0 Å².